The van der Waals surface area contributed by atoms with Crippen LogP contribution in [-0.2, 0) is 6.54 Å². The number of para-hydroxylation sites is 1. The second-order valence-corrected chi connectivity index (χ2v) is 15.4. The molecule has 0 fully saturated rings. The molecule has 0 radical (unpaired) electrons. The molecule has 1 heterocycles. The van der Waals surface area contributed by atoms with E-state index in [1.807, 2.05) is 0 Å². The molecule has 1 aromatic heterocycles. The number of fused-ring (bicyclic) bond motifs is 1. The molecule has 0 aliphatic carbocycles. The number of ether oxygens (including phenoxy) is 3. The molecule has 0 amide bonds. The van der Waals surface area contributed by atoms with E-state index in [1.54, 1.807) is 21.3 Å². The molecule has 0 aliphatic rings. The van der Waals surface area contributed by atoms with Crippen LogP contribution in [0.4, 0.5) is 0 Å². The monoisotopic (exact) mass is 744 g/mol. The third-order valence-electron chi connectivity index (χ3n) is 11.6. The van der Waals surface area contributed by atoms with Gasteiger partial charge in [-0.3, -0.25) is 0 Å². The number of benzene rings is 4. The highest BCUT2D eigenvalue weighted by Gasteiger charge is 2.30. The second-order valence-electron chi connectivity index (χ2n) is 15.4. The molecule has 5 heteroatoms. The van der Waals surface area contributed by atoms with Crippen LogP contribution in [0.3, 0.4) is 0 Å². The second kappa shape index (κ2) is 25.0. The van der Waals surface area contributed by atoms with E-state index in [2.05, 4.69) is 134 Å². The summed E-state index contributed by atoms with van der Waals surface area (Å²) in [5.41, 5.74) is 5.37. The summed E-state index contributed by atoms with van der Waals surface area (Å²) in [6.07, 6.45) is 23.7. The lowest BCUT2D eigenvalue weighted by molar-refractivity contribution is -0.671. The SMILES string of the molecule is CCCCCCCCCCCC[B-](c1ccc(OC)cc1)(c1ccc(OC)cc1)c1ccc(OC)cc1.CCCCCCCC[n+]1cccc2ccccc21. The van der Waals surface area contributed by atoms with E-state index >= 15 is 0 Å². The number of pyridine rings is 1. The average Bonchev–Trinajstić information content (AvgIpc) is 3.25. The van der Waals surface area contributed by atoms with Crippen LogP contribution in [-0.4, -0.2) is 27.5 Å². The third-order valence-corrected chi connectivity index (χ3v) is 11.6. The summed E-state index contributed by atoms with van der Waals surface area (Å²) in [5, 5.41) is 1.34. The Kier molecular flexibility index (Phi) is 19.8. The third kappa shape index (κ3) is 13.5. The summed E-state index contributed by atoms with van der Waals surface area (Å²) >= 11 is 0. The highest BCUT2D eigenvalue weighted by molar-refractivity contribution is 7.11. The van der Waals surface area contributed by atoms with E-state index in [9.17, 15) is 0 Å². The Morgan fingerprint density at radius 1 is 0.418 bits per heavy atom. The van der Waals surface area contributed by atoms with Crippen LogP contribution in [0, 0.1) is 0 Å². The fourth-order valence-electron chi connectivity index (χ4n) is 8.29. The first kappa shape index (κ1) is 43.5. The van der Waals surface area contributed by atoms with Crippen molar-refractivity contribution in [1.29, 1.82) is 0 Å². The minimum absolute atomic E-state index is 0.886. The molecule has 4 nitrogen and oxygen atoms in total. The van der Waals surface area contributed by atoms with Crippen molar-refractivity contribution < 1.29 is 18.8 Å². The molecular weight excluding hydrogens is 673 g/mol. The first-order chi connectivity index (χ1) is 27.1. The molecule has 0 N–H and O–H groups in total. The van der Waals surface area contributed by atoms with Gasteiger partial charge in [0.1, 0.15) is 23.8 Å². The van der Waals surface area contributed by atoms with Crippen LogP contribution in [0.25, 0.3) is 10.9 Å². The van der Waals surface area contributed by atoms with E-state index in [0.29, 0.717) is 0 Å². The Hall–Kier alpha value is -4.25. The molecule has 0 bridgehead atoms. The maximum atomic E-state index is 5.49. The Morgan fingerprint density at radius 3 is 1.24 bits per heavy atom. The Morgan fingerprint density at radius 2 is 0.800 bits per heavy atom. The zero-order valence-corrected chi connectivity index (χ0v) is 34.9. The van der Waals surface area contributed by atoms with Gasteiger partial charge >= 0.3 is 0 Å². The number of hydrogen-bond acceptors (Lipinski definition) is 3. The van der Waals surface area contributed by atoms with Crippen LogP contribution in [0.5, 0.6) is 17.2 Å². The van der Waals surface area contributed by atoms with E-state index in [1.165, 1.54) is 130 Å². The highest BCUT2D eigenvalue weighted by Crippen LogP contribution is 2.22. The summed E-state index contributed by atoms with van der Waals surface area (Å²) in [6, 6.07) is 39.1. The number of hydrogen-bond donors (Lipinski definition) is 0. The molecule has 0 spiro atoms. The van der Waals surface area contributed by atoms with E-state index < -0.39 is 6.15 Å². The quantitative estimate of drug-likeness (QED) is 0.0358. The number of aryl methyl sites for hydroxylation is 1. The van der Waals surface area contributed by atoms with Gasteiger partial charge in [0.2, 0.25) is 5.52 Å². The van der Waals surface area contributed by atoms with Gasteiger partial charge in [0.15, 0.2) is 6.20 Å². The summed E-state index contributed by atoms with van der Waals surface area (Å²) in [7, 11) is 5.18. The average molecular weight is 744 g/mol. The molecule has 0 atom stereocenters. The number of methoxy groups -OCH3 is 3. The fourth-order valence-corrected chi connectivity index (χ4v) is 8.29. The summed E-state index contributed by atoms with van der Waals surface area (Å²) in [5.74, 6) is 2.66. The van der Waals surface area contributed by atoms with Crippen molar-refractivity contribution in [3.8, 4) is 17.2 Å². The molecule has 4 aromatic carbocycles. The van der Waals surface area contributed by atoms with Gasteiger partial charge in [-0.2, -0.15) is 27.3 Å². The van der Waals surface area contributed by atoms with Crippen LogP contribution in [0.15, 0.2) is 115 Å². The molecule has 296 valence electrons. The summed E-state index contributed by atoms with van der Waals surface area (Å²) in [6.45, 7) is 5.70. The van der Waals surface area contributed by atoms with Crippen molar-refractivity contribution in [2.75, 3.05) is 21.3 Å². The highest BCUT2D eigenvalue weighted by atomic mass is 16.5. The summed E-state index contributed by atoms with van der Waals surface area (Å²) in [4.78, 5) is 0. The van der Waals surface area contributed by atoms with Gasteiger partial charge in [-0.05, 0) is 55.0 Å². The predicted molar refractivity (Wildman–Crippen MR) is 238 cm³/mol. The van der Waals surface area contributed by atoms with Crippen LogP contribution >= 0.6 is 0 Å². The number of nitrogens with zero attached hydrogens (tertiary/aromatic N) is 1. The summed E-state index contributed by atoms with van der Waals surface area (Å²) < 4.78 is 18.9. The minimum atomic E-state index is -1.18. The van der Waals surface area contributed by atoms with Gasteiger partial charge in [0, 0.05) is 23.9 Å². The van der Waals surface area contributed by atoms with Gasteiger partial charge in [-0.15, -0.1) is 0 Å². The lowest BCUT2D eigenvalue weighted by atomic mass is 9.14. The van der Waals surface area contributed by atoms with Crippen LogP contribution < -0.4 is 35.2 Å². The van der Waals surface area contributed by atoms with Crippen molar-refractivity contribution in [2.45, 2.75) is 129 Å². The van der Waals surface area contributed by atoms with Crippen molar-refractivity contribution >= 4 is 33.4 Å². The largest absolute Gasteiger partial charge is 0.497 e. The molecule has 55 heavy (non-hydrogen) atoms. The van der Waals surface area contributed by atoms with Crippen molar-refractivity contribution in [3.63, 3.8) is 0 Å². The molecular formula is C50H70BNO3. The normalized spacial score (nSPS) is 11.2. The Balaban J connectivity index is 0.000000311. The molecule has 5 rings (SSSR count). The lowest BCUT2D eigenvalue weighted by Crippen LogP contribution is -2.66. The standard InChI is InChI=1S/C33H46BO3.C17H24N/c1-5-6-7-8-9-10-11-12-13-14-27-34(28-15-21-31(35-2)22-16-28,29-17-23-32(36-3)24-18-29)30-19-25-33(37-4)26-20-30;1-2-3-4-5-6-9-14-18-15-10-12-16-11-7-8-13-17(16)18/h15-26H,5-14,27H2,1-4H3;7-8,10-13,15H,2-6,9,14H2,1H3/q-1;+1. The fraction of sp³-hybridized carbons (Fsp3) is 0.460. The van der Waals surface area contributed by atoms with Gasteiger partial charge in [-0.25, -0.2) is 0 Å². The zero-order valence-electron chi connectivity index (χ0n) is 34.9. The molecule has 0 unspecified atom stereocenters. The van der Waals surface area contributed by atoms with Gasteiger partial charge < -0.3 is 14.2 Å². The smallest absolute Gasteiger partial charge is 0.212 e. The maximum absolute atomic E-state index is 5.49. The van der Waals surface area contributed by atoms with Gasteiger partial charge in [0.05, 0.1) is 27.5 Å². The van der Waals surface area contributed by atoms with Gasteiger partial charge in [0.25, 0.3) is 0 Å². The van der Waals surface area contributed by atoms with Crippen LogP contribution in [0.1, 0.15) is 117 Å². The Labute approximate surface area is 334 Å². The topological polar surface area (TPSA) is 31.6 Å². The van der Waals surface area contributed by atoms with E-state index in [4.69, 9.17) is 14.2 Å². The van der Waals surface area contributed by atoms with Crippen molar-refractivity contribution in [1.82, 2.24) is 0 Å². The predicted octanol–water partition coefficient (Wildman–Crippen LogP) is 11.6. The first-order valence-electron chi connectivity index (χ1n) is 21.6. The minimum Gasteiger partial charge on any atom is -0.497 e. The molecule has 0 aliphatic heterocycles. The molecule has 0 saturated carbocycles. The van der Waals surface area contributed by atoms with Crippen molar-refractivity contribution in [3.05, 3.63) is 115 Å². The number of rotatable bonds is 24. The molecule has 5 aromatic rings. The van der Waals surface area contributed by atoms with E-state index in [0.717, 1.165) is 30.1 Å². The first-order valence-corrected chi connectivity index (χ1v) is 21.6. The zero-order chi connectivity index (χ0) is 39.0. The van der Waals surface area contributed by atoms with Crippen molar-refractivity contribution in [2.24, 2.45) is 0 Å². The number of aromatic nitrogens is 1. The maximum Gasteiger partial charge on any atom is 0.212 e. The van der Waals surface area contributed by atoms with Crippen LogP contribution in [0.2, 0.25) is 6.32 Å². The van der Waals surface area contributed by atoms with Gasteiger partial charge in [-0.1, -0.05) is 152 Å². The molecule has 0 saturated heterocycles. The Bertz CT molecular complexity index is 1620. The lowest BCUT2D eigenvalue weighted by Gasteiger charge is -2.43. The number of unbranched alkanes of at least 4 members (excludes halogenated alkanes) is 14. The van der Waals surface area contributed by atoms with E-state index in [-0.39, 0.29) is 0 Å².